The largest absolute Gasteiger partial charge is 0.444 e. The van der Waals surface area contributed by atoms with E-state index in [9.17, 15) is 18.4 Å². The number of carbonyl (C=O) groups is 2. The van der Waals surface area contributed by atoms with Gasteiger partial charge in [-0.05, 0) is 68.2 Å². The smallest absolute Gasteiger partial charge is 0.408 e. The molecule has 0 saturated heterocycles. The van der Waals surface area contributed by atoms with Crippen molar-refractivity contribution in [3.63, 3.8) is 0 Å². The van der Waals surface area contributed by atoms with Gasteiger partial charge in [0, 0.05) is 36.8 Å². The minimum absolute atomic E-state index is 0.112. The maximum absolute atomic E-state index is 13.7. The van der Waals surface area contributed by atoms with Crippen LogP contribution in [0.3, 0.4) is 0 Å². The zero-order valence-electron chi connectivity index (χ0n) is 17.6. The number of amides is 2. The van der Waals surface area contributed by atoms with Gasteiger partial charge in [0.2, 0.25) is 5.91 Å². The van der Waals surface area contributed by atoms with Gasteiger partial charge < -0.3 is 15.0 Å². The van der Waals surface area contributed by atoms with Crippen molar-refractivity contribution < 1.29 is 23.1 Å². The predicted molar refractivity (Wildman–Crippen MR) is 116 cm³/mol. The number of carbonyl (C=O) groups excluding carboxylic acids is 2. The van der Waals surface area contributed by atoms with Gasteiger partial charge in [-0.3, -0.25) is 4.79 Å². The lowest BCUT2D eigenvalue weighted by molar-refractivity contribution is -0.120. The molecule has 2 aromatic carbocycles. The molecule has 3 aromatic rings. The lowest BCUT2D eigenvalue weighted by Gasteiger charge is -2.27. The highest BCUT2D eigenvalue weighted by atomic mass is 32.1. The fourth-order valence-corrected chi connectivity index (χ4v) is 3.67. The molecule has 0 fully saturated rings. The molecule has 1 unspecified atom stereocenters. The van der Waals surface area contributed by atoms with E-state index in [4.69, 9.17) is 4.74 Å². The van der Waals surface area contributed by atoms with Gasteiger partial charge in [-0.15, -0.1) is 0 Å². The summed E-state index contributed by atoms with van der Waals surface area (Å²) in [6.07, 6.45) is 0.793. The molecule has 3 rings (SSSR count). The second-order valence-electron chi connectivity index (χ2n) is 8.13. The van der Waals surface area contributed by atoms with E-state index >= 15 is 0 Å². The van der Waals surface area contributed by atoms with Gasteiger partial charge in [0.15, 0.2) is 0 Å². The van der Waals surface area contributed by atoms with Gasteiger partial charge in [-0.1, -0.05) is 0 Å². The average Bonchev–Trinajstić information content (AvgIpc) is 3.11. The van der Waals surface area contributed by atoms with Crippen LogP contribution < -0.4 is 10.2 Å². The summed E-state index contributed by atoms with van der Waals surface area (Å²) in [7, 11) is 1.57. The quantitative estimate of drug-likeness (QED) is 0.617. The van der Waals surface area contributed by atoms with E-state index in [2.05, 4.69) is 9.69 Å². The number of hydrogen-bond donors (Lipinski definition) is 1. The Morgan fingerprint density at radius 2 is 1.84 bits per heavy atom. The van der Waals surface area contributed by atoms with Crippen LogP contribution in [0.1, 0.15) is 26.3 Å². The number of nitrogens with one attached hydrogen (secondary N) is 1. The molecule has 1 N–H and O–H groups in total. The van der Waals surface area contributed by atoms with Crippen LogP contribution in [0.15, 0.2) is 42.6 Å². The Balaban J connectivity index is 1.87. The van der Waals surface area contributed by atoms with Crippen LogP contribution >= 0.6 is 11.5 Å². The number of alkyl carbamates (subject to hydrolysis) is 1. The molecule has 31 heavy (non-hydrogen) atoms. The van der Waals surface area contributed by atoms with E-state index in [-0.39, 0.29) is 12.0 Å². The molecule has 1 heterocycles. The third kappa shape index (κ3) is 5.97. The van der Waals surface area contributed by atoms with Crippen molar-refractivity contribution in [1.29, 1.82) is 0 Å². The molecule has 0 aliphatic rings. The summed E-state index contributed by atoms with van der Waals surface area (Å²) in [5.41, 5.74) is 0.0582. The van der Waals surface area contributed by atoms with Crippen LogP contribution in [0.25, 0.3) is 10.1 Å². The molecular formula is C22H23F2N3O3S. The van der Waals surface area contributed by atoms with Crippen molar-refractivity contribution in [3.8, 4) is 0 Å². The lowest BCUT2D eigenvalue weighted by Crippen LogP contribution is -2.50. The predicted octanol–water partition coefficient (Wildman–Crippen LogP) is 4.67. The number of benzene rings is 2. The van der Waals surface area contributed by atoms with Crippen molar-refractivity contribution >= 4 is 39.3 Å². The minimum Gasteiger partial charge on any atom is -0.444 e. The number of nitrogens with zero attached hydrogens (tertiary/aromatic N) is 2. The number of aromatic nitrogens is 1. The third-order valence-electron chi connectivity index (χ3n) is 4.41. The molecule has 164 valence electrons. The molecule has 0 aliphatic heterocycles. The monoisotopic (exact) mass is 447 g/mol. The van der Waals surface area contributed by atoms with E-state index in [1.54, 1.807) is 40.1 Å². The van der Waals surface area contributed by atoms with E-state index in [1.807, 2.05) is 12.1 Å². The van der Waals surface area contributed by atoms with Gasteiger partial charge in [-0.25, -0.2) is 13.6 Å². The van der Waals surface area contributed by atoms with Crippen LogP contribution in [-0.2, 0) is 16.0 Å². The highest BCUT2D eigenvalue weighted by molar-refractivity contribution is 7.13. The number of ether oxygens (including phenoxy) is 1. The summed E-state index contributed by atoms with van der Waals surface area (Å²) in [4.78, 5) is 27.0. The van der Waals surface area contributed by atoms with Crippen molar-refractivity contribution in [2.75, 3.05) is 11.9 Å². The van der Waals surface area contributed by atoms with E-state index in [1.165, 1.54) is 16.4 Å². The molecule has 0 bridgehead atoms. The Labute approximate surface area is 183 Å². The van der Waals surface area contributed by atoms with Crippen LogP contribution in [0.5, 0.6) is 0 Å². The SMILES string of the molecule is CN(C(=O)C(Cc1cc(F)cc(F)c1)NC(=O)OC(C)(C)C)c1ccc2sncc2c1. The summed E-state index contributed by atoms with van der Waals surface area (Å²) in [5, 5.41) is 3.42. The average molecular weight is 448 g/mol. The molecule has 0 aliphatic carbocycles. The van der Waals surface area contributed by atoms with E-state index < -0.39 is 35.3 Å². The van der Waals surface area contributed by atoms with Crippen LogP contribution in [0, 0.1) is 11.6 Å². The topological polar surface area (TPSA) is 71.5 Å². The van der Waals surface area contributed by atoms with Gasteiger partial charge in [0.25, 0.3) is 0 Å². The Kier molecular flexibility index (Phi) is 6.54. The Morgan fingerprint density at radius 3 is 2.48 bits per heavy atom. The first kappa shape index (κ1) is 22.6. The molecule has 2 amide bonds. The normalized spacial score (nSPS) is 12.5. The number of halogens is 2. The van der Waals surface area contributed by atoms with Crippen molar-refractivity contribution in [3.05, 3.63) is 59.8 Å². The number of hydrogen-bond acceptors (Lipinski definition) is 5. The summed E-state index contributed by atoms with van der Waals surface area (Å²) in [6, 6.07) is 7.33. The van der Waals surface area contributed by atoms with E-state index in [0.29, 0.717) is 5.69 Å². The Hall–Kier alpha value is -3.07. The van der Waals surface area contributed by atoms with Crippen molar-refractivity contribution in [2.45, 2.75) is 38.8 Å². The van der Waals surface area contributed by atoms with Gasteiger partial charge in [0.1, 0.15) is 23.3 Å². The molecule has 9 heteroatoms. The van der Waals surface area contributed by atoms with E-state index in [0.717, 1.165) is 28.3 Å². The van der Waals surface area contributed by atoms with Crippen LogP contribution in [0.4, 0.5) is 19.3 Å². The Bertz CT molecular complexity index is 1090. The van der Waals surface area contributed by atoms with Gasteiger partial charge in [-0.2, -0.15) is 4.37 Å². The molecule has 0 spiro atoms. The van der Waals surface area contributed by atoms with Crippen molar-refractivity contribution in [2.24, 2.45) is 0 Å². The molecular weight excluding hydrogens is 424 g/mol. The standard InChI is InChI=1S/C22H23F2N3O3S/c1-22(2,3)30-21(29)26-18(9-13-7-15(23)11-16(24)8-13)20(28)27(4)17-5-6-19-14(10-17)12-25-31-19/h5-8,10-12,18H,9H2,1-4H3,(H,26,29). The zero-order valence-corrected chi connectivity index (χ0v) is 18.4. The summed E-state index contributed by atoms with van der Waals surface area (Å²) >= 11 is 1.34. The first-order valence-electron chi connectivity index (χ1n) is 9.58. The number of fused-ring (bicyclic) bond motifs is 1. The van der Waals surface area contributed by atoms with Gasteiger partial charge in [0.05, 0.1) is 4.70 Å². The Morgan fingerprint density at radius 1 is 1.16 bits per heavy atom. The molecule has 1 atom stereocenters. The maximum Gasteiger partial charge on any atom is 0.408 e. The molecule has 6 nitrogen and oxygen atoms in total. The lowest BCUT2D eigenvalue weighted by atomic mass is 10.0. The first-order chi connectivity index (χ1) is 14.5. The highest BCUT2D eigenvalue weighted by Crippen LogP contribution is 2.24. The number of likely N-dealkylation sites (N-methyl/N-ethyl adjacent to an activating group) is 1. The van der Waals surface area contributed by atoms with Crippen LogP contribution in [0.2, 0.25) is 0 Å². The fourth-order valence-electron chi connectivity index (χ4n) is 3.04. The fraction of sp³-hybridized carbons (Fsp3) is 0.318. The summed E-state index contributed by atoms with van der Waals surface area (Å²) < 4.78 is 37.7. The first-order valence-corrected chi connectivity index (χ1v) is 10.4. The minimum atomic E-state index is -1.10. The highest BCUT2D eigenvalue weighted by Gasteiger charge is 2.28. The summed E-state index contributed by atoms with van der Waals surface area (Å²) in [5.74, 6) is -1.98. The zero-order chi connectivity index (χ0) is 22.8. The third-order valence-corrected chi connectivity index (χ3v) is 5.18. The second kappa shape index (κ2) is 8.97. The summed E-state index contributed by atoms with van der Waals surface area (Å²) in [6.45, 7) is 5.09. The number of anilines is 1. The second-order valence-corrected chi connectivity index (χ2v) is 8.96. The maximum atomic E-state index is 13.7. The van der Waals surface area contributed by atoms with Crippen molar-refractivity contribution in [1.82, 2.24) is 9.69 Å². The van der Waals surface area contributed by atoms with Gasteiger partial charge >= 0.3 is 6.09 Å². The molecule has 0 radical (unpaired) electrons. The van der Waals surface area contributed by atoms with Crippen LogP contribution in [-0.4, -0.2) is 35.1 Å². The molecule has 0 saturated carbocycles. The number of rotatable bonds is 5. The molecule has 1 aromatic heterocycles.